The number of likely N-dealkylation sites (tertiary alicyclic amines) is 1. The number of aromatic nitrogens is 1. The lowest BCUT2D eigenvalue weighted by Crippen LogP contribution is -2.39. The molecule has 0 bridgehead atoms. The lowest BCUT2D eigenvalue weighted by Gasteiger charge is -2.32. The number of benzene rings is 2. The second-order valence-corrected chi connectivity index (χ2v) is 7.71. The molecule has 1 aromatic heterocycles. The van der Waals surface area contributed by atoms with Crippen LogP contribution in [0.3, 0.4) is 0 Å². The molecule has 2 heterocycles. The van der Waals surface area contributed by atoms with E-state index in [1.165, 1.54) is 12.1 Å². The number of halogens is 1. The van der Waals surface area contributed by atoms with Crippen LogP contribution in [0.5, 0.6) is 0 Å². The van der Waals surface area contributed by atoms with Gasteiger partial charge in [0.2, 0.25) is 0 Å². The number of hydrogen-bond donors (Lipinski definition) is 1. The van der Waals surface area contributed by atoms with E-state index in [2.05, 4.69) is 10.3 Å². The van der Waals surface area contributed by atoms with Crippen molar-refractivity contribution in [3.8, 4) is 11.3 Å². The molecule has 1 amide bonds. The van der Waals surface area contributed by atoms with Crippen molar-refractivity contribution in [2.75, 3.05) is 26.7 Å². The summed E-state index contributed by atoms with van der Waals surface area (Å²) in [5.74, 6) is 0.321. The Morgan fingerprint density at radius 2 is 1.90 bits per heavy atom. The molecule has 0 aliphatic carbocycles. The van der Waals surface area contributed by atoms with Gasteiger partial charge in [0.15, 0.2) is 0 Å². The molecule has 3 aromatic rings. The Labute approximate surface area is 170 Å². The van der Waals surface area contributed by atoms with Crippen LogP contribution >= 0.6 is 0 Å². The first-order valence-electron chi connectivity index (χ1n) is 10.3. The van der Waals surface area contributed by atoms with Crippen LogP contribution in [0.2, 0.25) is 0 Å². The predicted octanol–water partition coefficient (Wildman–Crippen LogP) is 4.50. The summed E-state index contributed by atoms with van der Waals surface area (Å²) >= 11 is 0. The van der Waals surface area contributed by atoms with E-state index in [0.29, 0.717) is 28.1 Å². The number of nitrogens with zero attached hydrogens (tertiary/aromatic N) is 2. The molecule has 0 saturated carbocycles. The van der Waals surface area contributed by atoms with E-state index in [1.54, 1.807) is 6.07 Å². The van der Waals surface area contributed by atoms with Crippen molar-refractivity contribution in [1.82, 2.24) is 15.2 Å². The average molecular weight is 391 g/mol. The maximum atomic E-state index is 13.9. The number of piperidine rings is 1. The summed E-state index contributed by atoms with van der Waals surface area (Å²) in [6, 6.07) is 16.0. The van der Waals surface area contributed by atoms with Gasteiger partial charge in [0.05, 0.1) is 16.8 Å². The largest absolute Gasteiger partial charge is 0.339 e. The highest BCUT2D eigenvalue weighted by Gasteiger charge is 2.25. The third kappa shape index (κ3) is 4.30. The average Bonchev–Trinajstić information content (AvgIpc) is 2.77. The first kappa shape index (κ1) is 19.5. The third-order valence-corrected chi connectivity index (χ3v) is 5.78. The number of pyridine rings is 1. The Morgan fingerprint density at radius 1 is 1.14 bits per heavy atom. The topological polar surface area (TPSA) is 45.2 Å². The molecule has 1 aliphatic rings. The van der Waals surface area contributed by atoms with Gasteiger partial charge in [0, 0.05) is 30.1 Å². The Morgan fingerprint density at radius 3 is 2.62 bits per heavy atom. The lowest BCUT2D eigenvalue weighted by atomic mass is 9.93. The Balaban J connectivity index is 1.66. The minimum Gasteiger partial charge on any atom is -0.339 e. The third-order valence-electron chi connectivity index (χ3n) is 5.78. The molecule has 1 saturated heterocycles. The number of carbonyl (C=O) groups is 1. The molecule has 4 rings (SSSR count). The Kier molecular flexibility index (Phi) is 5.86. The van der Waals surface area contributed by atoms with Gasteiger partial charge in [-0.25, -0.2) is 9.37 Å². The van der Waals surface area contributed by atoms with Crippen LogP contribution in [0, 0.1) is 11.7 Å². The Bertz CT molecular complexity index is 998. The highest BCUT2D eigenvalue weighted by Crippen LogP contribution is 2.28. The van der Waals surface area contributed by atoms with Gasteiger partial charge in [-0.1, -0.05) is 30.3 Å². The number of carbonyl (C=O) groups excluding carboxylic acids is 1. The van der Waals surface area contributed by atoms with Crippen molar-refractivity contribution >= 4 is 16.8 Å². The number of fused-ring (bicyclic) bond motifs is 1. The predicted molar refractivity (Wildman–Crippen MR) is 114 cm³/mol. The number of nitrogens with one attached hydrogen (secondary N) is 1. The molecule has 1 fully saturated rings. The fourth-order valence-electron chi connectivity index (χ4n) is 4.08. The molecule has 0 unspecified atom stereocenters. The van der Waals surface area contributed by atoms with Crippen molar-refractivity contribution in [2.45, 2.75) is 19.3 Å². The maximum absolute atomic E-state index is 13.9. The molecule has 0 spiro atoms. The molecule has 4 nitrogen and oxygen atoms in total. The fraction of sp³-hybridized carbons (Fsp3) is 0.333. The van der Waals surface area contributed by atoms with Gasteiger partial charge in [0.1, 0.15) is 5.82 Å². The minimum atomic E-state index is -0.348. The highest BCUT2D eigenvalue weighted by atomic mass is 19.1. The van der Waals surface area contributed by atoms with Crippen LogP contribution in [-0.2, 0) is 0 Å². The molecule has 0 atom stereocenters. The summed E-state index contributed by atoms with van der Waals surface area (Å²) in [6.45, 7) is 2.54. The van der Waals surface area contributed by atoms with Crippen LogP contribution in [0.1, 0.15) is 29.6 Å². The number of rotatable bonds is 5. The van der Waals surface area contributed by atoms with Crippen molar-refractivity contribution in [1.29, 1.82) is 0 Å². The summed E-state index contributed by atoms with van der Waals surface area (Å²) in [6.07, 6.45) is 3.20. The number of hydrogen-bond acceptors (Lipinski definition) is 3. The van der Waals surface area contributed by atoms with E-state index in [0.717, 1.165) is 44.5 Å². The van der Waals surface area contributed by atoms with Crippen molar-refractivity contribution in [2.24, 2.45) is 5.92 Å². The van der Waals surface area contributed by atoms with Gasteiger partial charge in [-0.3, -0.25) is 4.79 Å². The van der Waals surface area contributed by atoms with E-state index >= 15 is 0 Å². The van der Waals surface area contributed by atoms with Gasteiger partial charge in [-0.05, 0) is 57.0 Å². The SMILES string of the molecule is CNCCC1CCN(C(=O)c2cc(-c3ccccc3)nc3cc(F)ccc23)CC1. The molecule has 2 aromatic carbocycles. The van der Waals surface area contributed by atoms with Crippen molar-refractivity contribution in [3.63, 3.8) is 0 Å². The summed E-state index contributed by atoms with van der Waals surface area (Å²) in [5, 5.41) is 3.91. The summed E-state index contributed by atoms with van der Waals surface area (Å²) in [5.41, 5.74) is 2.72. The monoisotopic (exact) mass is 391 g/mol. The molecule has 150 valence electrons. The van der Waals surface area contributed by atoms with Crippen molar-refractivity contribution < 1.29 is 9.18 Å². The quantitative estimate of drug-likeness (QED) is 0.696. The zero-order chi connectivity index (χ0) is 20.2. The zero-order valence-corrected chi connectivity index (χ0v) is 16.7. The first-order chi connectivity index (χ1) is 14.2. The molecule has 1 N–H and O–H groups in total. The first-order valence-corrected chi connectivity index (χ1v) is 10.3. The van der Waals surface area contributed by atoms with E-state index < -0.39 is 0 Å². The molecule has 1 aliphatic heterocycles. The molecule has 29 heavy (non-hydrogen) atoms. The normalized spacial score (nSPS) is 15.0. The van der Waals surface area contributed by atoms with Gasteiger partial charge in [0.25, 0.3) is 5.91 Å². The summed E-state index contributed by atoms with van der Waals surface area (Å²) < 4.78 is 13.9. The Hall–Kier alpha value is -2.79. The summed E-state index contributed by atoms with van der Waals surface area (Å²) in [4.78, 5) is 20.0. The van der Waals surface area contributed by atoms with Crippen LogP contribution in [0.15, 0.2) is 54.6 Å². The van der Waals surface area contributed by atoms with Gasteiger partial charge in [-0.2, -0.15) is 0 Å². The molecule has 0 radical (unpaired) electrons. The van der Waals surface area contributed by atoms with Crippen LogP contribution in [0.4, 0.5) is 4.39 Å². The second kappa shape index (κ2) is 8.70. The number of amides is 1. The molecular weight excluding hydrogens is 365 g/mol. The van der Waals surface area contributed by atoms with Crippen LogP contribution < -0.4 is 5.32 Å². The maximum Gasteiger partial charge on any atom is 0.254 e. The van der Waals surface area contributed by atoms with Crippen molar-refractivity contribution in [3.05, 3.63) is 66.0 Å². The summed E-state index contributed by atoms with van der Waals surface area (Å²) in [7, 11) is 1.97. The molecular formula is C24H26FN3O. The standard InChI is InChI=1S/C24H26FN3O/c1-26-12-9-17-10-13-28(14-11-17)24(29)21-16-22(18-5-3-2-4-6-18)27-23-15-19(25)7-8-20(21)23/h2-8,15-17,26H,9-14H2,1H3. The smallest absolute Gasteiger partial charge is 0.254 e. The van der Waals surface area contributed by atoms with E-state index in [9.17, 15) is 9.18 Å². The van der Waals surface area contributed by atoms with E-state index in [-0.39, 0.29) is 11.7 Å². The zero-order valence-electron chi connectivity index (χ0n) is 16.7. The van der Waals surface area contributed by atoms with E-state index in [1.807, 2.05) is 48.3 Å². The second-order valence-electron chi connectivity index (χ2n) is 7.71. The molecule has 5 heteroatoms. The highest BCUT2D eigenvalue weighted by molar-refractivity contribution is 6.07. The minimum absolute atomic E-state index is 0.00764. The fourth-order valence-corrected chi connectivity index (χ4v) is 4.08. The van der Waals surface area contributed by atoms with Crippen LogP contribution in [0.25, 0.3) is 22.2 Å². The van der Waals surface area contributed by atoms with Gasteiger partial charge < -0.3 is 10.2 Å². The lowest BCUT2D eigenvalue weighted by molar-refractivity contribution is 0.0689. The van der Waals surface area contributed by atoms with Crippen LogP contribution in [-0.4, -0.2) is 42.5 Å². The van der Waals surface area contributed by atoms with Gasteiger partial charge >= 0.3 is 0 Å². The van der Waals surface area contributed by atoms with E-state index in [4.69, 9.17) is 0 Å². The van der Waals surface area contributed by atoms with Gasteiger partial charge in [-0.15, -0.1) is 0 Å².